The summed E-state index contributed by atoms with van der Waals surface area (Å²) in [6.45, 7) is 2.61. The van der Waals surface area contributed by atoms with Crippen LogP contribution in [0.25, 0.3) is 0 Å². The van der Waals surface area contributed by atoms with E-state index in [0.717, 1.165) is 50.3 Å². The summed E-state index contributed by atoms with van der Waals surface area (Å²) in [5.74, 6) is 1.95. The lowest BCUT2D eigenvalue weighted by Crippen LogP contribution is -2.35. The second kappa shape index (κ2) is 7.49. The van der Waals surface area contributed by atoms with Crippen LogP contribution in [-0.4, -0.2) is 65.8 Å². The van der Waals surface area contributed by atoms with Gasteiger partial charge in [-0.05, 0) is 31.1 Å². The van der Waals surface area contributed by atoms with Gasteiger partial charge in [0.1, 0.15) is 10.6 Å². The molecule has 2 aliphatic rings. The third kappa shape index (κ3) is 3.65. The minimum atomic E-state index is -3.50. The molecular weight excluding hydrogens is 346 g/mol. The maximum Gasteiger partial charge on any atom is 0.270 e. The Morgan fingerprint density at radius 2 is 1.79 bits per heavy atom. The van der Waals surface area contributed by atoms with Crippen LogP contribution in [0.2, 0.25) is 0 Å². The van der Waals surface area contributed by atoms with E-state index in [9.17, 15) is 13.2 Å². The van der Waals surface area contributed by atoms with E-state index < -0.39 is 10.0 Å². The summed E-state index contributed by atoms with van der Waals surface area (Å²) in [6, 6.07) is 1.55. The molecule has 2 saturated heterocycles. The molecule has 0 atom stereocenters. The molecule has 0 radical (unpaired) electrons. The predicted octanol–water partition coefficient (Wildman–Crippen LogP) is 1.78. The lowest BCUT2D eigenvalue weighted by atomic mass is 10.2. The molecule has 1 amide bonds. The molecule has 6 nitrogen and oxygen atoms in total. The average Bonchev–Trinajstić information content (AvgIpc) is 2.81. The van der Waals surface area contributed by atoms with Crippen molar-refractivity contribution in [3.63, 3.8) is 0 Å². The van der Waals surface area contributed by atoms with Crippen molar-refractivity contribution in [2.75, 3.05) is 37.7 Å². The highest BCUT2D eigenvalue weighted by Crippen LogP contribution is 2.23. The van der Waals surface area contributed by atoms with Crippen molar-refractivity contribution in [1.29, 1.82) is 0 Å². The Balaban J connectivity index is 1.82. The average molecular weight is 372 g/mol. The molecule has 0 spiro atoms. The Bertz CT molecular complexity index is 685. The van der Waals surface area contributed by atoms with Gasteiger partial charge in [0.25, 0.3) is 5.91 Å². The molecule has 1 aromatic heterocycles. The van der Waals surface area contributed by atoms with Gasteiger partial charge in [-0.25, -0.2) is 8.42 Å². The summed E-state index contributed by atoms with van der Waals surface area (Å²) in [7, 11) is -1.75. The summed E-state index contributed by atoms with van der Waals surface area (Å²) in [5, 5.41) is 0. The molecule has 8 heteroatoms. The molecule has 0 saturated carbocycles. The van der Waals surface area contributed by atoms with Crippen LogP contribution >= 0.6 is 11.8 Å². The summed E-state index contributed by atoms with van der Waals surface area (Å²) in [5.41, 5.74) is 0.456. The van der Waals surface area contributed by atoms with E-state index >= 15 is 0 Å². The molecule has 2 aliphatic heterocycles. The zero-order chi connectivity index (χ0) is 17.2. The maximum absolute atomic E-state index is 12.8. The van der Waals surface area contributed by atoms with Gasteiger partial charge in [-0.3, -0.25) is 4.79 Å². The highest BCUT2D eigenvalue weighted by Gasteiger charge is 2.29. The van der Waals surface area contributed by atoms with Gasteiger partial charge in [-0.1, -0.05) is 6.42 Å². The normalized spacial score (nSPS) is 20.8. The number of hydrogen-bond donors (Lipinski definition) is 0. The first kappa shape index (κ1) is 17.8. The number of hydrogen-bond acceptors (Lipinski definition) is 4. The molecular formula is C16H25N3O3S2. The molecule has 134 valence electrons. The minimum Gasteiger partial charge on any atom is -0.345 e. The van der Waals surface area contributed by atoms with Crippen molar-refractivity contribution >= 4 is 27.7 Å². The Kier molecular flexibility index (Phi) is 5.56. The smallest absolute Gasteiger partial charge is 0.270 e. The standard InChI is InChI=1S/C16H25N3O3S2/c1-17-13-14(24(21,22)19-7-3-2-4-8-19)12-15(17)16(20)18-6-5-10-23-11-9-18/h12-13H,2-11H2,1H3. The van der Waals surface area contributed by atoms with Gasteiger partial charge < -0.3 is 9.47 Å². The molecule has 1 aromatic rings. The monoisotopic (exact) mass is 371 g/mol. The van der Waals surface area contributed by atoms with Crippen molar-refractivity contribution in [3.8, 4) is 0 Å². The number of nitrogens with zero attached hydrogens (tertiary/aromatic N) is 3. The first-order valence-corrected chi connectivity index (χ1v) is 11.1. The van der Waals surface area contributed by atoms with Crippen LogP contribution in [0.1, 0.15) is 36.2 Å². The van der Waals surface area contributed by atoms with Gasteiger partial charge >= 0.3 is 0 Å². The summed E-state index contributed by atoms with van der Waals surface area (Å²) < 4.78 is 28.8. The second-order valence-corrected chi connectivity index (χ2v) is 9.56. The fourth-order valence-corrected chi connectivity index (χ4v) is 5.73. The molecule has 24 heavy (non-hydrogen) atoms. The SMILES string of the molecule is Cn1cc(S(=O)(=O)N2CCCCC2)cc1C(=O)N1CCCSCC1. The van der Waals surface area contributed by atoms with E-state index in [1.807, 2.05) is 16.7 Å². The number of amides is 1. The Morgan fingerprint density at radius 1 is 1.04 bits per heavy atom. The highest BCUT2D eigenvalue weighted by atomic mass is 32.2. The Morgan fingerprint density at radius 3 is 2.54 bits per heavy atom. The maximum atomic E-state index is 12.8. The third-order valence-corrected chi connectivity index (χ3v) is 7.57. The van der Waals surface area contributed by atoms with Gasteiger partial charge in [0.05, 0.1) is 0 Å². The quantitative estimate of drug-likeness (QED) is 0.812. The van der Waals surface area contributed by atoms with Crippen LogP contribution in [-0.2, 0) is 17.1 Å². The number of piperidine rings is 1. The van der Waals surface area contributed by atoms with E-state index in [-0.39, 0.29) is 10.8 Å². The van der Waals surface area contributed by atoms with Crippen LogP contribution in [0.4, 0.5) is 0 Å². The zero-order valence-electron chi connectivity index (χ0n) is 14.1. The van der Waals surface area contributed by atoms with Crippen molar-refractivity contribution < 1.29 is 13.2 Å². The second-order valence-electron chi connectivity index (χ2n) is 6.39. The predicted molar refractivity (Wildman–Crippen MR) is 95.9 cm³/mol. The molecule has 3 rings (SSSR count). The number of aryl methyl sites for hydroxylation is 1. The van der Waals surface area contributed by atoms with E-state index in [1.165, 1.54) is 0 Å². The van der Waals surface area contributed by atoms with Crippen LogP contribution in [0.3, 0.4) is 0 Å². The number of rotatable bonds is 3. The molecule has 0 aromatic carbocycles. The van der Waals surface area contributed by atoms with E-state index in [0.29, 0.717) is 18.8 Å². The Labute approximate surface area is 148 Å². The zero-order valence-corrected chi connectivity index (χ0v) is 15.7. The molecule has 2 fully saturated rings. The lowest BCUT2D eigenvalue weighted by Gasteiger charge is -2.25. The highest BCUT2D eigenvalue weighted by molar-refractivity contribution is 7.99. The number of carbonyl (C=O) groups excluding carboxylic acids is 1. The van der Waals surface area contributed by atoms with Crippen LogP contribution < -0.4 is 0 Å². The molecule has 0 unspecified atom stereocenters. The number of thioether (sulfide) groups is 1. The van der Waals surface area contributed by atoms with Crippen molar-refractivity contribution in [2.45, 2.75) is 30.6 Å². The summed E-state index contributed by atoms with van der Waals surface area (Å²) in [6.07, 6.45) is 5.45. The molecule has 0 bridgehead atoms. The number of aromatic nitrogens is 1. The topological polar surface area (TPSA) is 62.6 Å². The van der Waals surface area contributed by atoms with Crippen LogP contribution in [0.15, 0.2) is 17.2 Å². The van der Waals surface area contributed by atoms with Gasteiger partial charge in [0.2, 0.25) is 10.0 Å². The van der Waals surface area contributed by atoms with Gasteiger partial charge in [0.15, 0.2) is 0 Å². The first-order chi connectivity index (χ1) is 11.5. The first-order valence-electron chi connectivity index (χ1n) is 8.54. The van der Waals surface area contributed by atoms with E-state index in [2.05, 4.69) is 0 Å². The molecule has 0 aliphatic carbocycles. The molecule has 0 N–H and O–H groups in total. The minimum absolute atomic E-state index is 0.0694. The number of sulfonamides is 1. The molecule has 3 heterocycles. The van der Waals surface area contributed by atoms with Crippen molar-refractivity contribution in [2.24, 2.45) is 7.05 Å². The largest absolute Gasteiger partial charge is 0.345 e. The summed E-state index contributed by atoms with van der Waals surface area (Å²) >= 11 is 1.86. The fourth-order valence-electron chi connectivity index (χ4n) is 3.25. The number of carbonyl (C=O) groups is 1. The van der Waals surface area contributed by atoms with Gasteiger partial charge in [0, 0.05) is 45.2 Å². The van der Waals surface area contributed by atoms with Crippen molar-refractivity contribution in [1.82, 2.24) is 13.8 Å². The van der Waals surface area contributed by atoms with Gasteiger partial charge in [-0.2, -0.15) is 16.1 Å². The van der Waals surface area contributed by atoms with E-state index in [1.54, 1.807) is 28.2 Å². The summed E-state index contributed by atoms with van der Waals surface area (Å²) in [4.78, 5) is 14.9. The Hall–Kier alpha value is -0.990. The van der Waals surface area contributed by atoms with Gasteiger partial charge in [-0.15, -0.1) is 0 Å². The van der Waals surface area contributed by atoms with Crippen LogP contribution in [0, 0.1) is 0 Å². The van der Waals surface area contributed by atoms with E-state index in [4.69, 9.17) is 0 Å². The third-order valence-electron chi connectivity index (χ3n) is 4.66. The fraction of sp³-hybridized carbons (Fsp3) is 0.688. The van der Waals surface area contributed by atoms with Crippen molar-refractivity contribution in [3.05, 3.63) is 18.0 Å². The lowest BCUT2D eigenvalue weighted by molar-refractivity contribution is 0.0759. The van der Waals surface area contributed by atoms with Crippen LogP contribution in [0.5, 0.6) is 0 Å².